The SMILES string of the molecule is Cc1ccc(C(=O)CCC(=O)N2CCN(C(=O)CCC3CCCCC3)CC2)s1. The third-order valence-electron chi connectivity index (χ3n) is 6.06. The van der Waals surface area contributed by atoms with Gasteiger partial charge in [0.05, 0.1) is 4.88 Å². The molecule has 1 saturated heterocycles. The molecular formula is C22H32N2O3S. The number of aryl methyl sites for hydroxylation is 1. The zero-order valence-corrected chi connectivity index (χ0v) is 17.8. The van der Waals surface area contributed by atoms with Crippen molar-refractivity contribution < 1.29 is 14.4 Å². The van der Waals surface area contributed by atoms with Crippen molar-refractivity contribution in [3.05, 3.63) is 21.9 Å². The van der Waals surface area contributed by atoms with E-state index in [0.29, 0.717) is 32.6 Å². The van der Waals surface area contributed by atoms with Crippen molar-refractivity contribution in [2.75, 3.05) is 26.2 Å². The molecule has 2 heterocycles. The number of Topliss-reactive ketones (excluding diaryl/α,β-unsaturated/α-hetero) is 1. The van der Waals surface area contributed by atoms with Crippen molar-refractivity contribution in [3.8, 4) is 0 Å². The van der Waals surface area contributed by atoms with E-state index < -0.39 is 0 Å². The van der Waals surface area contributed by atoms with Crippen LogP contribution in [-0.2, 0) is 9.59 Å². The van der Waals surface area contributed by atoms with Crippen molar-refractivity contribution in [3.63, 3.8) is 0 Å². The van der Waals surface area contributed by atoms with Gasteiger partial charge in [0.1, 0.15) is 0 Å². The van der Waals surface area contributed by atoms with Crippen molar-refractivity contribution in [2.45, 2.75) is 64.7 Å². The molecule has 0 unspecified atom stereocenters. The predicted molar refractivity (Wildman–Crippen MR) is 112 cm³/mol. The minimum Gasteiger partial charge on any atom is -0.339 e. The monoisotopic (exact) mass is 404 g/mol. The number of hydrogen-bond acceptors (Lipinski definition) is 4. The molecule has 0 bridgehead atoms. The van der Waals surface area contributed by atoms with Gasteiger partial charge in [-0.1, -0.05) is 32.1 Å². The lowest BCUT2D eigenvalue weighted by molar-refractivity contribution is -0.139. The van der Waals surface area contributed by atoms with Crippen LogP contribution in [0.15, 0.2) is 12.1 Å². The van der Waals surface area contributed by atoms with Gasteiger partial charge in [0.15, 0.2) is 5.78 Å². The molecule has 0 N–H and O–H groups in total. The number of hydrogen-bond donors (Lipinski definition) is 0. The lowest BCUT2D eigenvalue weighted by atomic mass is 9.86. The van der Waals surface area contributed by atoms with Gasteiger partial charge in [-0.3, -0.25) is 14.4 Å². The highest BCUT2D eigenvalue weighted by atomic mass is 32.1. The standard InChI is InChI=1S/C22H32N2O3S/c1-17-7-10-20(28-17)19(25)9-12-22(27)24-15-13-23(14-16-24)21(26)11-8-18-5-3-2-4-6-18/h7,10,18H,2-6,8-9,11-16H2,1H3. The van der Waals surface area contributed by atoms with E-state index in [4.69, 9.17) is 0 Å². The van der Waals surface area contributed by atoms with E-state index in [9.17, 15) is 14.4 Å². The van der Waals surface area contributed by atoms with Crippen LogP contribution in [0.3, 0.4) is 0 Å². The largest absolute Gasteiger partial charge is 0.339 e. The van der Waals surface area contributed by atoms with Crippen LogP contribution in [0.2, 0.25) is 0 Å². The van der Waals surface area contributed by atoms with Crippen LogP contribution in [0.4, 0.5) is 0 Å². The molecule has 0 atom stereocenters. The Morgan fingerprint density at radius 1 is 0.893 bits per heavy atom. The Balaban J connectivity index is 1.35. The van der Waals surface area contributed by atoms with Gasteiger partial charge in [0, 0.05) is 50.3 Å². The van der Waals surface area contributed by atoms with E-state index in [1.807, 2.05) is 24.0 Å². The van der Waals surface area contributed by atoms with Crippen molar-refractivity contribution in [1.29, 1.82) is 0 Å². The minimum atomic E-state index is 0.0240. The van der Waals surface area contributed by atoms with Crippen LogP contribution in [0, 0.1) is 12.8 Å². The molecule has 0 radical (unpaired) electrons. The first-order valence-electron chi connectivity index (χ1n) is 10.7. The third kappa shape index (κ3) is 5.90. The lowest BCUT2D eigenvalue weighted by Crippen LogP contribution is -2.50. The molecule has 28 heavy (non-hydrogen) atoms. The Kier molecular flexibility index (Phi) is 7.65. The second-order valence-corrected chi connectivity index (χ2v) is 9.43. The van der Waals surface area contributed by atoms with Gasteiger partial charge in [-0.05, 0) is 31.4 Å². The van der Waals surface area contributed by atoms with E-state index in [1.165, 1.54) is 43.4 Å². The number of thiophene rings is 1. The number of piperazine rings is 1. The fourth-order valence-electron chi connectivity index (χ4n) is 4.25. The molecule has 154 valence electrons. The third-order valence-corrected chi connectivity index (χ3v) is 7.10. The van der Waals surface area contributed by atoms with E-state index in [1.54, 1.807) is 4.90 Å². The minimum absolute atomic E-state index is 0.0240. The summed E-state index contributed by atoms with van der Waals surface area (Å²) in [7, 11) is 0. The molecule has 3 rings (SSSR count). The van der Waals surface area contributed by atoms with E-state index in [-0.39, 0.29) is 30.4 Å². The van der Waals surface area contributed by atoms with Gasteiger partial charge in [0.2, 0.25) is 11.8 Å². The molecule has 1 aromatic heterocycles. The first-order chi connectivity index (χ1) is 13.5. The smallest absolute Gasteiger partial charge is 0.223 e. The molecule has 0 spiro atoms. The lowest BCUT2D eigenvalue weighted by Gasteiger charge is -2.35. The highest BCUT2D eigenvalue weighted by Gasteiger charge is 2.25. The van der Waals surface area contributed by atoms with Gasteiger partial charge >= 0.3 is 0 Å². The highest BCUT2D eigenvalue weighted by molar-refractivity contribution is 7.14. The Labute approximate surface area is 172 Å². The van der Waals surface area contributed by atoms with Gasteiger partial charge in [0.25, 0.3) is 0 Å². The Bertz CT molecular complexity index is 686. The van der Waals surface area contributed by atoms with Crippen LogP contribution in [-0.4, -0.2) is 53.6 Å². The Hall–Kier alpha value is -1.69. The molecule has 1 aromatic rings. The number of ketones is 1. The second-order valence-electron chi connectivity index (χ2n) is 8.14. The Morgan fingerprint density at radius 2 is 1.50 bits per heavy atom. The maximum atomic E-state index is 12.5. The predicted octanol–water partition coefficient (Wildman–Crippen LogP) is 4.05. The van der Waals surface area contributed by atoms with Crippen LogP contribution < -0.4 is 0 Å². The zero-order valence-electron chi connectivity index (χ0n) is 17.0. The average Bonchev–Trinajstić information content (AvgIpc) is 3.17. The number of carbonyl (C=O) groups is 3. The summed E-state index contributed by atoms with van der Waals surface area (Å²) < 4.78 is 0. The molecule has 2 amide bonds. The summed E-state index contributed by atoms with van der Waals surface area (Å²) >= 11 is 1.48. The zero-order chi connectivity index (χ0) is 19.9. The van der Waals surface area contributed by atoms with Gasteiger partial charge < -0.3 is 9.80 Å². The maximum Gasteiger partial charge on any atom is 0.223 e. The second kappa shape index (κ2) is 10.2. The summed E-state index contributed by atoms with van der Waals surface area (Å²) in [4.78, 5) is 42.6. The molecule has 6 heteroatoms. The average molecular weight is 405 g/mol. The van der Waals surface area contributed by atoms with Crippen molar-refractivity contribution >= 4 is 28.9 Å². The molecule has 1 saturated carbocycles. The van der Waals surface area contributed by atoms with Gasteiger partial charge in [-0.15, -0.1) is 11.3 Å². The maximum absolute atomic E-state index is 12.5. The van der Waals surface area contributed by atoms with Gasteiger partial charge in [-0.2, -0.15) is 0 Å². The molecule has 1 aliphatic heterocycles. The normalized spacial score (nSPS) is 18.3. The number of nitrogens with zero attached hydrogens (tertiary/aromatic N) is 2. The summed E-state index contributed by atoms with van der Waals surface area (Å²) in [5, 5.41) is 0. The molecular weight excluding hydrogens is 372 g/mol. The number of rotatable bonds is 7. The van der Waals surface area contributed by atoms with Crippen LogP contribution in [0.1, 0.15) is 72.3 Å². The van der Waals surface area contributed by atoms with E-state index in [2.05, 4.69) is 0 Å². The quantitative estimate of drug-likeness (QED) is 0.644. The summed E-state index contributed by atoms with van der Waals surface area (Å²) in [6.45, 7) is 4.38. The summed E-state index contributed by atoms with van der Waals surface area (Å²) in [5.74, 6) is 1.03. The fourth-order valence-corrected chi connectivity index (χ4v) is 5.09. The fraction of sp³-hybridized carbons (Fsp3) is 0.682. The summed E-state index contributed by atoms with van der Waals surface area (Å²) in [6, 6.07) is 3.77. The van der Waals surface area contributed by atoms with E-state index in [0.717, 1.165) is 22.1 Å². The van der Waals surface area contributed by atoms with Crippen LogP contribution >= 0.6 is 11.3 Å². The number of carbonyl (C=O) groups excluding carboxylic acids is 3. The molecule has 5 nitrogen and oxygen atoms in total. The molecule has 0 aromatic carbocycles. The highest BCUT2D eigenvalue weighted by Crippen LogP contribution is 2.27. The Morgan fingerprint density at radius 3 is 2.07 bits per heavy atom. The van der Waals surface area contributed by atoms with Crippen LogP contribution in [0.5, 0.6) is 0 Å². The first-order valence-corrected chi connectivity index (χ1v) is 11.5. The van der Waals surface area contributed by atoms with Crippen molar-refractivity contribution in [1.82, 2.24) is 9.80 Å². The molecule has 1 aliphatic carbocycles. The molecule has 2 fully saturated rings. The van der Waals surface area contributed by atoms with E-state index >= 15 is 0 Å². The topological polar surface area (TPSA) is 57.7 Å². The summed E-state index contributed by atoms with van der Waals surface area (Å²) in [5.41, 5.74) is 0. The molecule has 2 aliphatic rings. The number of amides is 2. The summed E-state index contributed by atoms with van der Waals surface area (Å²) in [6.07, 6.45) is 8.71. The van der Waals surface area contributed by atoms with Crippen molar-refractivity contribution in [2.24, 2.45) is 5.92 Å². The first kappa shape index (κ1) is 21.0. The van der Waals surface area contributed by atoms with Gasteiger partial charge in [-0.25, -0.2) is 0 Å². The van der Waals surface area contributed by atoms with Crippen LogP contribution in [0.25, 0.3) is 0 Å².